The van der Waals surface area contributed by atoms with Crippen molar-refractivity contribution in [3.8, 4) is 17.2 Å². The molecule has 0 radical (unpaired) electrons. The van der Waals surface area contributed by atoms with Gasteiger partial charge in [-0.3, -0.25) is 4.79 Å². The summed E-state index contributed by atoms with van der Waals surface area (Å²) in [5.74, 6) is 1.29. The van der Waals surface area contributed by atoms with Gasteiger partial charge in [-0.2, -0.15) is 0 Å². The molecule has 138 valence electrons. The van der Waals surface area contributed by atoms with Crippen LogP contribution in [0.4, 0.5) is 5.69 Å². The number of nitrogens with one attached hydrogen (secondary N) is 1. The summed E-state index contributed by atoms with van der Waals surface area (Å²) in [7, 11) is 0. The van der Waals surface area contributed by atoms with E-state index in [4.69, 9.17) is 37.4 Å². The number of amides is 1. The van der Waals surface area contributed by atoms with Crippen LogP contribution in [0, 0.1) is 0 Å². The Morgan fingerprint density at radius 3 is 2.69 bits per heavy atom. The maximum absolute atomic E-state index is 12.3. The second-order valence-corrected chi connectivity index (χ2v) is 6.72. The molecule has 1 atom stereocenters. The molecule has 0 bridgehead atoms. The van der Waals surface area contributed by atoms with Gasteiger partial charge in [0.15, 0.2) is 12.4 Å². The normalized spacial score (nSPS) is 15.2. The Labute approximate surface area is 162 Å². The predicted molar refractivity (Wildman–Crippen MR) is 102 cm³/mol. The summed E-state index contributed by atoms with van der Waals surface area (Å²) in [6, 6.07) is 8.69. The Morgan fingerprint density at radius 2 is 2.00 bits per heavy atom. The van der Waals surface area contributed by atoms with Crippen LogP contribution in [0.25, 0.3) is 0 Å². The molecule has 0 aliphatic carbocycles. The van der Waals surface area contributed by atoms with Crippen LogP contribution < -0.4 is 19.5 Å². The van der Waals surface area contributed by atoms with E-state index in [2.05, 4.69) is 5.32 Å². The number of anilines is 1. The fourth-order valence-electron chi connectivity index (χ4n) is 2.76. The summed E-state index contributed by atoms with van der Waals surface area (Å²) < 4.78 is 16.9. The lowest BCUT2D eigenvalue weighted by molar-refractivity contribution is -0.118. The van der Waals surface area contributed by atoms with Gasteiger partial charge in [0, 0.05) is 18.1 Å². The number of hydrogen-bond acceptors (Lipinski definition) is 4. The van der Waals surface area contributed by atoms with Crippen LogP contribution >= 0.6 is 23.2 Å². The first-order chi connectivity index (χ1) is 12.5. The van der Waals surface area contributed by atoms with E-state index in [1.54, 1.807) is 24.3 Å². The number of rotatable bonds is 6. The zero-order valence-electron chi connectivity index (χ0n) is 14.5. The van der Waals surface area contributed by atoms with Crippen molar-refractivity contribution in [2.24, 2.45) is 0 Å². The van der Waals surface area contributed by atoms with Gasteiger partial charge in [0.05, 0.1) is 22.3 Å². The van der Waals surface area contributed by atoms with E-state index in [9.17, 15) is 4.79 Å². The first kappa shape index (κ1) is 18.7. The van der Waals surface area contributed by atoms with Crippen molar-refractivity contribution >= 4 is 34.8 Å². The van der Waals surface area contributed by atoms with E-state index in [-0.39, 0.29) is 24.4 Å². The van der Waals surface area contributed by atoms with Crippen LogP contribution in [-0.2, 0) is 11.2 Å². The molecule has 2 aromatic carbocycles. The Morgan fingerprint density at radius 1 is 1.27 bits per heavy atom. The van der Waals surface area contributed by atoms with Crippen molar-refractivity contribution in [3.63, 3.8) is 0 Å². The zero-order chi connectivity index (χ0) is 18.7. The fraction of sp³-hybridized carbons (Fsp3) is 0.316. The molecule has 1 aliphatic rings. The van der Waals surface area contributed by atoms with Crippen molar-refractivity contribution in [1.82, 2.24) is 0 Å². The van der Waals surface area contributed by atoms with Crippen LogP contribution in [0.15, 0.2) is 30.3 Å². The Kier molecular flexibility index (Phi) is 5.79. The second kappa shape index (κ2) is 8.06. The molecule has 0 saturated heterocycles. The third-order valence-electron chi connectivity index (χ3n) is 3.84. The van der Waals surface area contributed by atoms with Gasteiger partial charge < -0.3 is 19.5 Å². The maximum Gasteiger partial charge on any atom is 0.262 e. The summed E-state index contributed by atoms with van der Waals surface area (Å²) >= 11 is 12.1. The van der Waals surface area contributed by atoms with Crippen LogP contribution in [0.3, 0.4) is 0 Å². The number of ether oxygens (including phenoxy) is 3. The first-order valence-corrected chi connectivity index (χ1v) is 9.06. The molecule has 0 spiro atoms. The number of benzene rings is 2. The summed E-state index contributed by atoms with van der Waals surface area (Å²) in [6.45, 7) is 4.15. The first-order valence-electron chi connectivity index (χ1n) is 8.31. The molecule has 7 heteroatoms. The van der Waals surface area contributed by atoms with Gasteiger partial charge in [0.2, 0.25) is 0 Å². The third kappa shape index (κ3) is 4.17. The van der Waals surface area contributed by atoms with Crippen molar-refractivity contribution in [2.75, 3.05) is 18.5 Å². The molecular formula is C19H19Cl2NO4. The molecule has 0 fully saturated rings. The standard InChI is InChI=1S/C19H19Cl2NO4/c1-3-24-17-8-12-7-11(2)26-16(12)9-15(17)22-18(23)10-25-19-13(20)5-4-6-14(19)21/h4-6,8-9,11H,3,7,10H2,1-2H3,(H,22,23)/t11-/m1/s1. The van der Waals surface area contributed by atoms with E-state index in [1.807, 2.05) is 19.9 Å². The molecule has 5 nitrogen and oxygen atoms in total. The SMILES string of the molecule is CCOc1cc2c(cc1NC(=O)COc1c(Cl)cccc1Cl)O[C@H](C)C2. The summed E-state index contributed by atoms with van der Waals surface area (Å²) in [4.78, 5) is 12.3. The average Bonchev–Trinajstić information content (AvgIpc) is 2.94. The Bertz CT molecular complexity index is 805. The maximum atomic E-state index is 12.3. The highest BCUT2D eigenvalue weighted by atomic mass is 35.5. The van der Waals surface area contributed by atoms with Gasteiger partial charge in [0.1, 0.15) is 17.6 Å². The molecule has 1 N–H and O–H groups in total. The quantitative estimate of drug-likeness (QED) is 0.767. The van der Waals surface area contributed by atoms with Gasteiger partial charge >= 0.3 is 0 Å². The van der Waals surface area contributed by atoms with Crippen molar-refractivity contribution in [3.05, 3.63) is 45.9 Å². The van der Waals surface area contributed by atoms with E-state index in [0.29, 0.717) is 28.1 Å². The molecule has 0 saturated carbocycles. The Hall–Kier alpha value is -2.11. The molecule has 2 aromatic rings. The summed E-state index contributed by atoms with van der Waals surface area (Å²) in [5, 5.41) is 3.49. The smallest absolute Gasteiger partial charge is 0.262 e. The molecule has 0 unspecified atom stereocenters. The zero-order valence-corrected chi connectivity index (χ0v) is 16.0. The molecule has 3 rings (SSSR count). The van der Waals surface area contributed by atoms with Crippen molar-refractivity contribution < 1.29 is 19.0 Å². The minimum absolute atomic E-state index is 0.108. The molecule has 26 heavy (non-hydrogen) atoms. The highest BCUT2D eigenvalue weighted by Gasteiger charge is 2.22. The second-order valence-electron chi connectivity index (χ2n) is 5.91. The van der Waals surface area contributed by atoms with Crippen LogP contribution in [0.1, 0.15) is 19.4 Å². The van der Waals surface area contributed by atoms with E-state index >= 15 is 0 Å². The average molecular weight is 396 g/mol. The minimum Gasteiger partial charge on any atom is -0.492 e. The number of carbonyl (C=O) groups excluding carboxylic acids is 1. The molecule has 1 amide bonds. The number of carbonyl (C=O) groups is 1. The largest absolute Gasteiger partial charge is 0.492 e. The van der Waals surface area contributed by atoms with E-state index in [0.717, 1.165) is 17.7 Å². The van der Waals surface area contributed by atoms with Gasteiger partial charge in [0.25, 0.3) is 5.91 Å². The molecule has 1 heterocycles. The number of fused-ring (bicyclic) bond motifs is 1. The number of halogens is 2. The summed E-state index contributed by atoms with van der Waals surface area (Å²) in [6.07, 6.45) is 0.925. The van der Waals surface area contributed by atoms with Crippen LogP contribution in [-0.4, -0.2) is 25.2 Å². The van der Waals surface area contributed by atoms with Crippen molar-refractivity contribution in [1.29, 1.82) is 0 Å². The Balaban J connectivity index is 1.72. The highest BCUT2D eigenvalue weighted by molar-refractivity contribution is 6.37. The highest BCUT2D eigenvalue weighted by Crippen LogP contribution is 2.38. The van der Waals surface area contributed by atoms with Crippen LogP contribution in [0.5, 0.6) is 17.2 Å². The number of hydrogen-bond donors (Lipinski definition) is 1. The predicted octanol–water partition coefficient (Wildman–Crippen LogP) is 4.73. The lowest BCUT2D eigenvalue weighted by atomic mass is 10.1. The van der Waals surface area contributed by atoms with E-state index in [1.165, 1.54) is 0 Å². The summed E-state index contributed by atoms with van der Waals surface area (Å²) in [5.41, 5.74) is 1.61. The van der Waals surface area contributed by atoms with Crippen molar-refractivity contribution in [2.45, 2.75) is 26.4 Å². The molecular weight excluding hydrogens is 377 g/mol. The fourth-order valence-corrected chi connectivity index (χ4v) is 3.26. The van der Waals surface area contributed by atoms with Crippen LogP contribution in [0.2, 0.25) is 10.0 Å². The van der Waals surface area contributed by atoms with Gasteiger partial charge in [-0.05, 0) is 32.0 Å². The topological polar surface area (TPSA) is 56.8 Å². The van der Waals surface area contributed by atoms with Gasteiger partial charge in [-0.25, -0.2) is 0 Å². The third-order valence-corrected chi connectivity index (χ3v) is 4.43. The number of para-hydroxylation sites is 1. The molecule has 1 aliphatic heterocycles. The minimum atomic E-state index is -0.354. The molecule has 0 aromatic heterocycles. The van der Waals surface area contributed by atoms with Gasteiger partial charge in [-0.1, -0.05) is 29.3 Å². The van der Waals surface area contributed by atoms with E-state index < -0.39 is 0 Å². The lowest BCUT2D eigenvalue weighted by Crippen LogP contribution is -2.21. The van der Waals surface area contributed by atoms with Gasteiger partial charge in [-0.15, -0.1) is 0 Å². The monoisotopic (exact) mass is 395 g/mol. The lowest BCUT2D eigenvalue weighted by Gasteiger charge is -2.14.